The number of nitrogens with zero attached hydrogens (tertiary/aromatic N) is 2. The quantitative estimate of drug-likeness (QED) is 0.387. The van der Waals surface area contributed by atoms with Crippen molar-refractivity contribution in [3.05, 3.63) is 82.9 Å². The van der Waals surface area contributed by atoms with Crippen LogP contribution in [0.25, 0.3) is 34.0 Å². The molecule has 4 aromatic rings. The van der Waals surface area contributed by atoms with Gasteiger partial charge in [0.1, 0.15) is 0 Å². The van der Waals surface area contributed by atoms with Gasteiger partial charge < -0.3 is 14.5 Å². The molecule has 6 nitrogen and oxygen atoms in total. The minimum Gasteiger partial charge on any atom is -0.468 e. The third kappa shape index (κ3) is 4.56. The van der Waals surface area contributed by atoms with Crippen molar-refractivity contribution >= 4 is 17.6 Å². The summed E-state index contributed by atoms with van der Waals surface area (Å²) < 4.78 is 10.7. The molecule has 0 amide bonds. The lowest BCUT2D eigenvalue weighted by molar-refractivity contribution is -0.139. The van der Waals surface area contributed by atoms with E-state index in [0.717, 1.165) is 27.8 Å². The number of aromatic nitrogens is 2. The first kappa shape index (κ1) is 21.7. The number of carbonyl (C=O) groups is 1. The highest BCUT2D eigenvalue weighted by Gasteiger charge is 2.17. The molecule has 3 aromatic carbocycles. The van der Waals surface area contributed by atoms with Gasteiger partial charge >= 0.3 is 5.97 Å². The molecule has 0 saturated heterocycles. The van der Waals surface area contributed by atoms with Crippen LogP contribution in [0.4, 0.5) is 0 Å². The molecular formula is C25H22ClN3O3. The molecular weight excluding hydrogens is 426 g/mol. The molecule has 162 valence electrons. The van der Waals surface area contributed by atoms with Crippen LogP contribution < -0.4 is 5.32 Å². The maximum Gasteiger partial charge on any atom is 0.319 e. The van der Waals surface area contributed by atoms with E-state index in [-0.39, 0.29) is 12.5 Å². The van der Waals surface area contributed by atoms with Gasteiger partial charge in [0, 0.05) is 12.1 Å². The number of hydrogen-bond acceptors (Lipinski definition) is 6. The van der Waals surface area contributed by atoms with Crippen molar-refractivity contribution in [3.63, 3.8) is 0 Å². The molecule has 0 atom stereocenters. The summed E-state index contributed by atoms with van der Waals surface area (Å²) in [6, 6.07) is 21.8. The molecule has 1 N–H and O–H groups in total. The van der Waals surface area contributed by atoms with E-state index in [4.69, 9.17) is 16.0 Å². The minimum atomic E-state index is -0.341. The molecule has 0 radical (unpaired) electrons. The molecule has 0 spiro atoms. The lowest BCUT2D eigenvalue weighted by Crippen LogP contribution is -2.23. The van der Waals surface area contributed by atoms with Crippen molar-refractivity contribution in [2.24, 2.45) is 0 Å². The number of methoxy groups -OCH3 is 1. The van der Waals surface area contributed by atoms with E-state index >= 15 is 0 Å². The zero-order valence-electron chi connectivity index (χ0n) is 17.8. The number of benzene rings is 3. The molecule has 4 rings (SSSR count). The van der Waals surface area contributed by atoms with Gasteiger partial charge in [-0.15, -0.1) is 10.2 Å². The second-order valence-electron chi connectivity index (χ2n) is 7.21. The van der Waals surface area contributed by atoms with E-state index in [0.29, 0.717) is 28.9 Å². The van der Waals surface area contributed by atoms with Crippen LogP contribution in [-0.4, -0.2) is 29.8 Å². The van der Waals surface area contributed by atoms with Crippen molar-refractivity contribution in [2.75, 3.05) is 13.7 Å². The predicted octanol–water partition coefficient (Wildman–Crippen LogP) is 5.30. The van der Waals surface area contributed by atoms with Gasteiger partial charge in [0.05, 0.1) is 24.2 Å². The molecule has 0 bridgehead atoms. The second kappa shape index (κ2) is 9.77. The maximum absolute atomic E-state index is 11.3. The van der Waals surface area contributed by atoms with Crippen LogP contribution in [0.15, 0.2) is 71.1 Å². The van der Waals surface area contributed by atoms with E-state index in [1.54, 1.807) is 0 Å². The van der Waals surface area contributed by atoms with Crippen molar-refractivity contribution in [1.82, 2.24) is 15.5 Å². The van der Waals surface area contributed by atoms with Gasteiger partial charge in [0.25, 0.3) is 0 Å². The van der Waals surface area contributed by atoms with Crippen molar-refractivity contribution in [2.45, 2.75) is 13.5 Å². The zero-order valence-corrected chi connectivity index (χ0v) is 18.5. The van der Waals surface area contributed by atoms with Gasteiger partial charge in [-0.05, 0) is 41.3 Å². The fourth-order valence-corrected chi connectivity index (χ4v) is 3.77. The Morgan fingerprint density at radius 2 is 1.59 bits per heavy atom. The van der Waals surface area contributed by atoms with Crippen LogP contribution in [0.3, 0.4) is 0 Å². The summed E-state index contributed by atoms with van der Waals surface area (Å²) in [5.74, 6) is 0.428. The van der Waals surface area contributed by atoms with Crippen molar-refractivity contribution in [3.8, 4) is 34.0 Å². The Hall–Kier alpha value is -3.48. The number of halogens is 1. The summed E-state index contributed by atoms with van der Waals surface area (Å²) in [4.78, 5) is 11.3. The first-order chi connectivity index (χ1) is 15.6. The van der Waals surface area contributed by atoms with Gasteiger partial charge in [-0.1, -0.05) is 66.2 Å². The first-order valence-corrected chi connectivity index (χ1v) is 10.5. The van der Waals surface area contributed by atoms with Crippen molar-refractivity contribution < 1.29 is 13.9 Å². The zero-order chi connectivity index (χ0) is 22.5. The standard InChI is InChI=1S/C25H22ClN3O3/c1-16-19(17-8-4-3-5-9-17)11-7-12-20(16)24-28-29-25(32-24)21-13-6-10-18(23(21)26)14-27-15-22(30)31-2/h3-13,27H,14-15H2,1-2H3. The molecule has 0 fully saturated rings. The second-order valence-corrected chi connectivity index (χ2v) is 7.59. The summed E-state index contributed by atoms with van der Waals surface area (Å²) in [5, 5.41) is 12.0. The van der Waals surface area contributed by atoms with E-state index in [2.05, 4.69) is 38.5 Å². The SMILES string of the molecule is COC(=O)CNCc1cccc(-c2nnc(-c3cccc(-c4ccccc4)c3C)o2)c1Cl. The van der Waals surface area contributed by atoms with Crippen molar-refractivity contribution in [1.29, 1.82) is 0 Å². The molecule has 0 aliphatic carbocycles. The van der Waals surface area contributed by atoms with E-state index in [1.807, 2.05) is 55.5 Å². The lowest BCUT2D eigenvalue weighted by Gasteiger charge is -2.09. The molecule has 0 aliphatic heterocycles. The Kier molecular flexibility index (Phi) is 6.63. The van der Waals surface area contributed by atoms with Gasteiger partial charge in [-0.2, -0.15) is 0 Å². The highest BCUT2D eigenvalue weighted by Crippen LogP contribution is 2.34. The van der Waals surface area contributed by atoms with Crippen LogP contribution >= 0.6 is 11.6 Å². The topological polar surface area (TPSA) is 77.2 Å². The predicted molar refractivity (Wildman–Crippen MR) is 124 cm³/mol. The Morgan fingerprint density at radius 3 is 2.34 bits per heavy atom. The highest BCUT2D eigenvalue weighted by molar-refractivity contribution is 6.33. The van der Waals surface area contributed by atoms with E-state index in [1.165, 1.54) is 7.11 Å². The third-order valence-electron chi connectivity index (χ3n) is 5.20. The summed E-state index contributed by atoms with van der Waals surface area (Å²) in [6.07, 6.45) is 0. The third-order valence-corrected chi connectivity index (χ3v) is 5.64. The summed E-state index contributed by atoms with van der Waals surface area (Å²) in [5.41, 5.74) is 5.62. The van der Waals surface area contributed by atoms with Gasteiger partial charge in [0.2, 0.25) is 11.8 Å². The van der Waals surface area contributed by atoms with Crippen LogP contribution in [0.5, 0.6) is 0 Å². The maximum atomic E-state index is 11.3. The number of carbonyl (C=O) groups excluding carboxylic acids is 1. The fraction of sp³-hybridized carbons (Fsp3) is 0.160. The number of rotatable bonds is 7. The van der Waals surface area contributed by atoms with Gasteiger partial charge in [-0.3, -0.25) is 4.79 Å². The average molecular weight is 448 g/mol. The van der Waals surface area contributed by atoms with E-state index in [9.17, 15) is 4.79 Å². The average Bonchev–Trinajstić information content (AvgIpc) is 3.30. The lowest BCUT2D eigenvalue weighted by atomic mass is 9.96. The first-order valence-electron chi connectivity index (χ1n) is 10.1. The smallest absolute Gasteiger partial charge is 0.319 e. The van der Waals surface area contributed by atoms with Gasteiger partial charge in [0.15, 0.2) is 0 Å². The normalized spacial score (nSPS) is 10.8. The van der Waals surface area contributed by atoms with E-state index < -0.39 is 0 Å². The van der Waals surface area contributed by atoms with Crippen LogP contribution in [0.2, 0.25) is 5.02 Å². The highest BCUT2D eigenvalue weighted by atomic mass is 35.5. The van der Waals surface area contributed by atoms with Crippen LogP contribution in [-0.2, 0) is 16.1 Å². The number of esters is 1. The molecule has 32 heavy (non-hydrogen) atoms. The molecule has 1 heterocycles. The van der Waals surface area contributed by atoms with Crippen LogP contribution in [0.1, 0.15) is 11.1 Å². The fourth-order valence-electron chi connectivity index (χ4n) is 3.49. The summed E-state index contributed by atoms with van der Waals surface area (Å²) >= 11 is 6.60. The Morgan fingerprint density at radius 1 is 0.938 bits per heavy atom. The van der Waals surface area contributed by atoms with Crippen LogP contribution in [0, 0.1) is 6.92 Å². The number of hydrogen-bond donors (Lipinski definition) is 1. The number of ether oxygens (including phenoxy) is 1. The van der Waals surface area contributed by atoms with Gasteiger partial charge in [-0.25, -0.2) is 0 Å². The molecule has 7 heteroatoms. The number of nitrogens with one attached hydrogen (secondary N) is 1. The molecule has 1 aromatic heterocycles. The molecule has 0 aliphatic rings. The molecule has 0 saturated carbocycles. The Labute approximate surface area is 191 Å². The summed E-state index contributed by atoms with van der Waals surface area (Å²) in [6.45, 7) is 2.54. The summed E-state index contributed by atoms with van der Waals surface area (Å²) in [7, 11) is 1.35. The Bertz CT molecular complexity index is 1240. The Balaban J connectivity index is 1.61. The monoisotopic (exact) mass is 447 g/mol. The largest absolute Gasteiger partial charge is 0.468 e. The molecule has 0 unspecified atom stereocenters. The minimum absolute atomic E-state index is 0.0960.